The SMILES string of the molecule is CC(C)N1c2cc(Nc3nccc(-c4ccc(N5CCOCC5)cc4)n3)ccc2N(C)C(=O)C1C. The Balaban J connectivity index is 1.38. The van der Waals surface area contributed by atoms with Crippen molar-refractivity contribution in [1.29, 1.82) is 0 Å². The van der Waals surface area contributed by atoms with Crippen LogP contribution in [0.4, 0.5) is 28.7 Å². The van der Waals surface area contributed by atoms with E-state index in [1.807, 2.05) is 32.2 Å². The average Bonchev–Trinajstić information content (AvgIpc) is 2.88. The van der Waals surface area contributed by atoms with Crippen molar-refractivity contribution in [2.24, 2.45) is 0 Å². The van der Waals surface area contributed by atoms with Gasteiger partial charge in [0.05, 0.1) is 30.3 Å². The number of rotatable bonds is 5. The summed E-state index contributed by atoms with van der Waals surface area (Å²) < 4.78 is 5.45. The Bertz CT molecular complexity index is 1210. The molecule has 2 aliphatic heterocycles. The number of likely N-dealkylation sites (N-methyl/N-ethyl adjacent to an activating group) is 1. The molecule has 5 rings (SSSR count). The predicted molar refractivity (Wildman–Crippen MR) is 141 cm³/mol. The van der Waals surface area contributed by atoms with Gasteiger partial charge in [0, 0.05) is 49.3 Å². The van der Waals surface area contributed by atoms with Gasteiger partial charge in [0.2, 0.25) is 11.9 Å². The lowest BCUT2D eigenvalue weighted by molar-refractivity contribution is -0.119. The third-order valence-corrected chi connectivity index (χ3v) is 6.73. The molecule has 1 N–H and O–H groups in total. The van der Waals surface area contributed by atoms with Gasteiger partial charge in [0.15, 0.2) is 0 Å². The van der Waals surface area contributed by atoms with Crippen LogP contribution in [0.15, 0.2) is 54.7 Å². The second kappa shape index (κ2) is 9.54. The van der Waals surface area contributed by atoms with Gasteiger partial charge in [0.1, 0.15) is 6.04 Å². The standard InChI is InChI=1S/C27H32N6O2/c1-18(2)33-19(3)26(34)31(4)24-10-7-21(17-25(24)33)29-27-28-12-11-23(30-27)20-5-8-22(9-6-20)32-13-15-35-16-14-32/h5-12,17-19H,13-16H2,1-4H3,(H,28,29,30). The molecule has 1 unspecified atom stereocenters. The number of carbonyl (C=O) groups is 1. The van der Waals surface area contributed by atoms with Crippen LogP contribution >= 0.6 is 0 Å². The van der Waals surface area contributed by atoms with Crippen LogP contribution in [-0.4, -0.2) is 61.3 Å². The minimum absolute atomic E-state index is 0.0996. The fourth-order valence-corrected chi connectivity index (χ4v) is 4.92. The third-order valence-electron chi connectivity index (χ3n) is 6.73. The van der Waals surface area contributed by atoms with E-state index in [4.69, 9.17) is 9.72 Å². The van der Waals surface area contributed by atoms with E-state index in [1.165, 1.54) is 5.69 Å². The molecule has 0 aliphatic carbocycles. The lowest BCUT2D eigenvalue weighted by atomic mass is 10.0. The van der Waals surface area contributed by atoms with Crippen LogP contribution in [0, 0.1) is 0 Å². The average molecular weight is 473 g/mol. The summed E-state index contributed by atoms with van der Waals surface area (Å²) in [5.41, 5.74) is 5.90. The van der Waals surface area contributed by atoms with E-state index in [9.17, 15) is 4.79 Å². The second-order valence-corrected chi connectivity index (χ2v) is 9.31. The Hall–Kier alpha value is -3.65. The van der Waals surface area contributed by atoms with Crippen molar-refractivity contribution in [3.8, 4) is 11.3 Å². The normalized spacial score (nSPS) is 18.1. The zero-order valence-electron chi connectivity index (χ0n) is 20.7. The molecule has 0 saturated carbocycles. The van der Waals surface area contributed by atoms with Crippen molar-refractivity contribution in [2.45, 2.75) is 32.9 Å². The number of amides is 1. The van der Waals surface area contributed by atoms with Gasteiger partial charge in [-0.05, 0) is 57.2 Å². The van der Waals surface area contributed by atoms with Gasteiger partial charge in [-0.3, -0.25) is 4.79 Å². The van der Waals surface area contributed by atoms with Crippen LogP contribution in [-0.2, 0) is 9.53 Å². The maximum atomic E-state index is 12.7. The number of hydrogen-bond acceptors (Lipinski definition) is 7. The maximum Gasteiger partial charge on any atom is 0.249 e. The molecule has 0 radical (unpaired) electrons. The van der Waals surface area contributed by atoms with Crippen molar-refractivity contribution >= 4 is 34.6 Å². The summed E-state index contributed by atoms with van der Waals surface area (Å²) in [5.74, 6) is 0.631. The Kier molecular flexibility index (Phi) is 6.30. The van der Waals surface area contributed by atoms with E-state index < -0.39 is 0 Å². The largest absolute Gasteiger partial charge is 0.378 e. The first kappa shape index (κ1) is 23.1. The number of hydrogen-bond donors (Lipinski definition) is 1. The van der Waals surface area contributed by atoms with Crippen LogP contribution in [0.1, 0.15) is 20.8 Å². The Labute approximate surface area is 206 Å². The number of benzene rings is 2. The molecule has 182 valence electrons. The first-order valence-electron chi connectivity index (χ1n) is 12.2. The molecule has 3 heterocycles. The molecule has 2 aromatic carbocycles. The summed E-state index contributed by atoms with van der Waals surface area (Å²) in [6, 6.07) is 16.4. The zero-order valence-corrected chi connectivity index (χ0v) is 20.7. The van der Waals surface area contributed by atoms with Crippen molar-refractivity contribution < 1.29 is 9.53 Å². The highest BCUT2D eigenvalue weighted by Gasteiger charge is 2.34. The van der Waals surface area contributed by atoms with Gasteiger partial charge < -0.3 is 24.8 Å². The number of aromatic nitrogens is 2. The van der Waals surface area contributed by atoms with Gasteiger partial charge in [0.25, 0.3) is 0 Å². The minimum Gasteiger partial charge on any atom is -0.378 e. The molecule has 1 aromatic heterocycles. The van der Waals surface area contributed by atoms with E-state index in [0.717, 1.165) is 54.6 Å². The van der Waals surface area contributed by atoms with Crippen LogP contribution in [0.25, 0.3) is 11.3 Å². The van der Waals surface area contributed by atoms with E-state index >= 15 is 0 Å². The second-order valence-electron chi connectivity index (χ2n) is 9.31. The Morgan fingerprint density at radius 3 is 2.49 bits per heavy atom. The third kappa shape index (κ3) is 4.53. The van der Waals surface area contributed by atoms with Crippen LogP contribution in [0.2, 0.25) is 0 Å². The highest BCUT2D eigenvalue weighted by molar-refractivity contribution is 6.05. The van der Waals surface area contributed by atoms with E-state index in [0.29, 0.717) is 5.95 Å². The fraction of sp³-hybridized carbons (Fsp3) is 0.370. The fourth-order valence-electron chi connectivity index (χ4n) is 4.92. The summed E-state index contributed by atoms with van der Waals surface area (Å²) in [6.45, 7) is 9.54. The molecule has 2 aliphatic rings. The quantitative estimate of drug-likeness (QED) is 0.593. The van der Waals surface area contributed by atoms with Crippen molar-refractivity contribution in [3.05, 3.63) is 54.7 Å². The molecule has 1 amide bonds. The summed E-state index contributed by atoms with van der Waals surface area (Å²) in [6.07, 6.45) is 1.77. The molecule has 8 heteroatoms. The lowest BCUT2D eigenvalue weighted by Crippen LogP contribution is -2.53. The van der Waals surface area contributed by atoms with Crippen molar-refractivity contribution in [1.82, 2.24) is 9.97 Å². The minimum atomic E-state index is -0.220. The molecule has 8 nitrogen and oxygen atoms in total. The highest BCUT2D eigenvalue weighted by Crippen LogP contribution is 2.39. The topological polar surface area (TPSA) is 73.8 Å². The van der Waals surface area contributed by atoms with Crippen molar-refractivity contribution in [3.63, 3.8) is 0 Å². The molecule has 1 fully saturated rings. The monoisotopic (exact) mass is 472 g/mol. The van der Waals surface area contributed by atoms with E-state index in [2.05, 4.69) is 64.3 Å². The zero-order chi connectivity index (χ0) is 24.5. The number of nitrogens with zero attached hydrogens (tertiary/aromatic N) is 5. The first-order chi connectivity index (χ1) is 16.9. The molecule has 0 bridgehead atoms. The molecular formula is C27H32N6O2. The smallest absolute Gasteiger partial charge is 0.249 e. The number of nitrogens with one attached hydrogen (secondary N) is 1. The van der Waals surface area contributed by atoms with Gasteiger partial charge >= 0.3 is 0 Å². The summed E-state index contributed by atoms with van der Waals surface area (Å²) in [4.78, 5) is 28.1. The number of carbonyl (C=O) groups excluding carboxylic acids is 1. The predicted octanol–water partition coefficient (Wildman–Crippen LogP) is 4.30. The van der Waals surface area contributed by atoms with Gasteiger partial charge in [-0.15, -0.1) is 0 Å². The molecule has 1 saturated heterocycles. The molecule has 0 spiro atoms. The summed E-state index contributed by atoms with van der Waals surface area (Å²) in [7, 11) is 1.83. The van der Waals surface area contributed by atoms with Gasteiger partial charge in [-0.25, -0.2) is 9.97 Å². The molecule has 35 heavy (non-hydrogen) atoms. The van der Waals surface area contributed by atoms with E-state index in [1.54, 1.807) is 11.1 Å². The molecule has 1 atom stereocenters. The number of ether oxygens (including phenoxy) is 1. The Morgan fingerprint density at radius 2 is 1.77 bits per heavy atom. The van der Waals surface area contributed by atoms with E-state index in [-0.39, 0.29) is 18.0 Å². The summed E-state index contributed by atoms with van der Waals surface area (Å²) >= 11 is 0. The Morgan fingerprint density at radius 1 is 1.03 bits per heavy atom. The molecular weight excluding hydrogens is 440 g/mol. The number of morpholine rings is 1. The highest BCUT2D eigenvalue weighted by atomic mass is 16.5. The van der Waals surface area contributed by atoms with Gasteiger partial charge in [-0.1, -0.05) is 12.1 Å². The van der Waals surface area contributed by atoms with Crippen LogP contribution in [0.3, 0.4) is 0 Å². The lowest BCUT2D eigenvalue weighted by Gasteiger charge is -2.42. The first-order valence-corrected chi connectivity index (χ1v) is 12.2. The van der Waals surface area contributed by atoms with Crippen LogP contribution in [0.5, 0.6) is 0 Å². The number of fused-ring (bicyclic) bond motifs is 1. The number of anilines is 5. The van der Waals surface area contributed by atoms with Crippen molar-refractivity contribution in [2.75, 3.05) is 53.4 Å². The van der Waals surface area contributed by atoms with Crippen LogP contribution < -0.4 is 20.0 Å². The maximum absolute atomic E-state index is 12.7. The summed E-state index contributed by atoms with van der Waals surface area (Å²) in [5, 5.41) is 3.35. The van der Waals surface area contributed by atoms with Gasteiger partial charge in [-0.2, -0.15) is 0 Å². The molecule has 3 aromatic rings.